The number of nitrogens with one attached hydrogen (secondary N) is 1. The van der Waals surface area contributed by atoms with Crippen molar-refractivity contribution in [3.63, 3.8) is 0 Å². The van der Waals surface area contributed by atoms with E-state index in [1.165, 1.54) is 0 Å². The lowest BCUT2D eigenvalue weighted by Gasteiger charge is -2.26. The van der Waals surface area contributed by atoms with Crippen LogP contribution in [0.5, 0.6) is 0 Å². The first kappa shape index (κ1) is 11.8. The van der Waals surface area contributed by atoms with E-state index >= 15 is 0 Å². The van der Waals surface area contributed by atoms with E-state index in [1.54, 1.807) is 11.3 Å². The second kappa shape index (κ2) is 6.12. The Balaban J connectivity index is 1.57. The number of aromatic nitrogens is 2. The van der Waals surface area contributed by atoms with Crippen LogP contribution in [0.2, 0.25) is 0 Å². The molecule has 1 saturated heterocycles. The third-order valence-corrected chi connectivity index (χ3v) is 3.35. The second-order valence-corrected chi connectivity index (χ2v) is 5.04. The maximum atomic E-state index is 5.30. The molecule has 1 aliphatic rings. The van der Waals surface area contributed by atoms with Gasteiger partial charge in [0.1, 0.15) is 5.01 Å². The fourth-order valence-corrected chi connectivity index (χ4v) is 2.31. The Morgan fingerprint density at radius 3 is 2.88 bits per heavy atom. The highest BCUT2D eigenvalue weighted by Crippen LogP contribution is 2.13. The number of aryl methyl sites for hydroxylation is 1. The topological polar surface area (TPSA) is 50.3 Å². The van der Waals surface area contributed by atoms with Crippen molar-refractivity contribution in [1.82, 2.24) is 15.1 Å². The lowest BCUT2D eigenvalue weighted by Crippen LogP contribution is -2.37. The van der Waals surface area contributed by atoms with Gasteiger partial charge in [0.2, 0.25) is 5.13 Å². The van der Waals surface area contributed by atoms with Gasteiger partial charge < -0.3 is 10.1 Å². The van der Waals surface area contributed by atoms with Crippen LogP contribution in [-0.4, -0.2) is 54.5 Å². The zero-order valence-corrected chi connectivity index (χ0v) is 10.4. The van der Waals surface area contributed by atoms with Crippen LogP contribution >= 0.6 is 11.3 Å². The van der Waals surface area contributed by atoms with E-state index in [9.17, 15) is 0 Å². The van der Waals surface area contributed by atoms with Crippen molar-refractivity contribution in [2.75, 3.05) is 44.7 Å². The van der Waals surface area contributed by atoms with Crippen LogP contribution in [0.25, 0.3) is 0 Å². The summed E-state index contributed by atoms with van der Waals surface area (Å²) in [6.07, 6.45) is 1.14. The van der Waals surface area contributed by atoms with Crippen molar-refractivity contribution in [3.8, 4) is 0 Å². The molecule has 1 aliphatic heterocycles. The van der Waals surface area contributed by atoms with Gasteiger partial charge in [0.05, 0.1) is 13.2 Å². The molecule has 1 N–H and O–H groups in total. The fraction of sp³-hybridized carbons (Fsp3) is 0.800. The number of morpholine rings is 1. The molecule has 1 aromatic rings. The molecule has 0 amide bonds. The Morgan fingerprint density at radius 2 is 2.19 bits per heavy atom. The summed E-state index contributed by atoms with van der Waals surface area (Å²) in [7, 11) is 0. The molecule has 0 unspecified atom stereocenters. The third kappa shape index (κ3) is 3.70. The summed E-state index contributed by atoms with van der Waals surface area (Å²) in [6.45, 7) is 7.96. The SMILES string of the molecule is Cc1nnc(NCCCN2CCOCC2)s1. The highest BCUT2D eigenvalue weighted by atomic mass is 32.1. The fourth-order valence-electron chi connectivity index (χ4n) is 1.69. The number of hydrogen-bond acceptors (Lipinski definition) is 6. The smallest absolute Gasteiger partial charge is 0.205 e. The number of nitrogens with zero attached hydrogens (tertiary/aromatic N) is 3. The molecule has 0 bridgehead atoms. The molecule has 5 nitrogen and oxygen atoms in total. The van der Waals surface area contributed by atoms with Crippen molar-refractivity contribution in [2.45, 2.75) is 13.3 Å². The van der Waals surface area contributed by atoms with Gasteiger partial charge in [-0.3, -0.25) is 4.90 Å². The van der Waals surface area contributed by atoms with E-state index < -0.39 is 0 Å². The van der Waals surface area contributed by atoms with Gasteiger partial charge >= 0.3 is 0 Å². The van der Waals surface area contributed by atoms with Crippen LogP contribution in [0.3, 0.4) is 0 Å². The maximum absolute atomic E-state index is 5.30. The zero-order valence-electron chi connectivity index (χ0n) is 9.61. The van der Waals surface area contributed by atoms with Crippen LogP contribution in [-0.2, 0) is 4.74 Å². The highest BCUT2D eigenvalue weighted by molar-refractivity contribution is 7.15. The second-order valence-electron chi connectivity index (χ2n) is 3.86. The number of rotatable bonds is 5. The minimum atomic E-state index is 0.878. The van der Waals surface area contributed by atoms with Gasteiger partial charge in [-0.2, -0.15) is 0 Å². The van der Waals surface area contributed by atoms with Gasteiger partial charge in [-0.15, -0.1) is 10.2 Å². The number of ether oxygens (including phenoxy) is 1. The lowest BCUT2D eigenvalue weighted by molar-refractivity contribution is 0.0378. The molecular weight excluding hydrogens is 224 g/mol. The molecule has 90 valence electrons. The van der Waals surface area contributed by atoms with E-state index in [0.29, 0.717) is 0 Å². The van der Waals surface area contributed by atoms with Crippen molar-refractivity contribution >= 4 is 16.5 Å². The Hall–Kier alpha value is -0.720. The summed E-state index contributed by atoms with van der Waals surface area (Å²) in [6, 6.07) is 0. The molecule has 2 heterocycles. The Labute approximate surface area is 99.8 Å². The summed E-state index contributed by atoms with van der Waals surface area (Å²) >= 11 is 1.61. The van der Waals surface area contributed by atoms with Crippen molar-refractivity contribution in [2.24, 2.45) is 0 Å². The number of anilines is 1. The minimum absolute atomic E-state index is 0.878. The summed E-state index contributed by atoms with van der Waals surface area (Å²) in [5.41, 5.74) is 0. The van der Waals surface area contributed by atoms with Crippen LogP contribution in [0.4, 0.5) is 5.13 Å². The molecule has 0 aliphatic carbocycles. The largest absolute Gasteiger partial charge is 0.379 e. The molecule has 6 heteroatoms. The highest BCUT2D eigenvalue weighted by Gasteiger charge is 2.09. The predicted octanol–water partition coefficient (Wildman–Crippen LogP) is 0.981. The van der Waals surface area contributed by atoms with E-state index in [2.05, 4.69) is 20.4 Å². The van der Waals surface area contributed by atoms with Gasteiger partial charge in [0.15, 0.2) is 0 Å². The summed E-state index contributed by atoms with van der Waals surface area (Å²) in [4.78, 5) is 2.44. The standard InChI is InChI=1S/C10H18N4OS/c1-9-12-13-10(16-9)11-3-2-4-14-5-7-15-8-6-14/h2-8H2,1H3,(H,11,13). The van der Waals surface area contributed by atoms with Crippen LogP contribution in [0.15, 0.2) is 0 Å². The average molecular weight is 242 g/mol. The van der Waals surface area contributed by atoms with E-state index in [4.69, 9.17) is 4.74 Å². The van der Waals surface area contributed by atoms with Crippen molar-refractivity contribution < 1.29 is 4.74 Å². The van der Waals surface area contributed by atoms with Crippen LogP contribution in [0, 0.1) is 6.92 Å². The third-order valence-electron chi connectivity index (χ3n) is 2.56. The Kier molecular flexibility index (Phi) is 4.50. The quantitative estimate of drug-likeness (QED) is 0.780. The average Bonchev–Trinajstić information content (AvgIpc) is 2.72. The number of hydrogen-bond donors (Lipinski definition) is 1. The van der Waals surface area contributed by atoms with Crippen molar-refractivity contribution in [3.05, 3.63) is 5.01 Å². The molecule has 2 rings (SSSR count). The van der Waals surface area contributed by atoms with Crippen LogP contribution < -0.4 is 5.32 Å². The molecule has 0 saturated carbocycles. The van der Waals surface area contributed by atoms with Gasteiger partial charge in [0, 0.05) is 19.6 Å². The van der Waals surface area contributed by atoms with Gasteiger partial charge in [-0.05, 0) is 19.9 Å². The molecule has 1 aromatic heterocycles. The molecule has 0 radical (unpaired) electrons. The van der Waals surface area contributed by atoms with E-state index in [-0.39, 0.29) is 0 Å². The normalized spacial score (nSPS) is 17.6. The first-order valence-corrected chi connectivity index (χ1v) is 6.50. The molecular formula is C10H18N4OS. The zero-order chi connectivity index (χ0) is 11.2. The monoisotopic (exact) mass is 242 g/mol. The van der Waals surface area contributed by atoms with Crippen LogP contribution in [0.1, 0.15) is 11.4 Å². The minimum Gasteiger partial charge on any atom is -0.379 e. The predicted molar refractivity (Wildman–Crippen MR) is 65.0 cm³/mol. The van der Waals surface area contributed by atoms with Gasteiger partial charge in [-0.1, -0.05) is 11.3 Å². The van der Waals surface area contributed by atoms with Gasteiger partial charge in [0.25, 0.3) is 0 Å². The molecule has 0 aromatic carbocycles. The molecule has 0 atom stereocenters. The summed E-state index contributed by atoms with van der Waals surface area (Å²) in [5, 5.41) is 13.2. The van der Waals surface area contributed by atoms with Crippen molar-refractivity contribution in [1.29, 1.82) is 0 Å². The van der Waals surface area contributed by atoms with E-state index in [1.807, 2.05) is 6.92 Å². The Morgan fingerprint density at radius 1 is 1.38 bits per heavy atom. The molecule has 0 spiro atoms. The first-order chi connectivity index (χ1) is 7.84. The summed E-state index contributed by atoms with van der Waals surface area (Å²) < 4.78 is 5.30. The first-order valence-electron chi connectivity index (χ1n) is 5.69. The lowest BCUT2D eigenvalue weighted by atomic mass is 10.3. The van der Waals surface area contributed by atoms with Gasteiger partial charge in [-0.25, -0.2) is 0 Å². The summed E-state index contributed by atoms with van der Waals surface area (Å²) in [5.74, 6) is 0. The van der Waals surface area contributed by atoms with E-state index in [0.717, 1.165) is 56.0 Å². The maximum Gasteiger partial charge on any atom is 0.205 e. The Bertz CT molecular complexity index is 312. The molecule has 16 heavy (non-hydrogen) atoms. The molecule has 1 fully saturated rings.